The van der Waals surface area contributed by atoms with Crippen LogP contribution in [0, 0.1) is 0 Å². The number of nitrogens with zero attached hydrogens (tertiary/aromatic N) is 4. The standard InChI is InChI=1S/C36H35ClN4O2S/c1-2-22-40(35(42)31-11-5-6-19-39-31)28-13-15-29(16-14-28)41(36(43)34-33(37)30-10-3-4-12-32(30)44-34)24-25-8-7-9-27(23-25)26-17-20-38-21-18-26/h3-12,17-21,23,28-29H,2,13-16,22,24H2,1H3. The predicted molar refractivity (Wildman–Crippen MR) is 178 cm³/mol. The van der Waals surface area contributed by atoms with Gasteiger partial charge in [-0.1, -0.05) is 61.0 Å². The van der Waals surface area contributed by atoms with Gasteiger partial charge in [0.05, 0.1) is 5.02 Å². The zero-order valence-corrected chi connectivity index (χ0v) is 26.3. The highest BCUT2D eigenvalue weighted by molar-refractivity contribution is 7.21. The number of halogens is 1. The summed E-state index contributed by atoms with van der Waals surface area (Å²) < 4.78 is 1.01. The minimum absolute atomic E-state index is 0.0196. The van der Waals surface area contributed by atoms with Crippen LogP contribution < -0.4 is 0 Å². The molecule has 1 fully saturated rings. The Morgan fingerprint density at radius 1 is 0.818 bits per heavy atom. The molecule has 0 atom stereocenters. The number of carbonyl (C=O) groups excluding carboxylic acids is 2. The van der Waals surface area contributed by atoms with Gasteiger partial charge in [0.15, 0.2) is 0 Å². The molecule has 1 aliphatic rings. The molecule has 8 heteroatoms. The van der Waals surface area contributed by atoms with E-state index < -0.39 is 0 Å². The fraction of sp³-hybridized carbons (Fsp3) is 0.278. The summed E-state index contributed by atoms with van der Waals surface area (Å²) in [6.07, 6.45) is 9.38. The van der Waals surface area contributed by atoms with Crippen molar-refractivity contribution in [1.29, 1.82) is 0 Å². The van der Waals surface area contributed by atoms with Gasteiger partial charge < -0.3 is 9.80 Å². The summed E-state index contributed by atoms with van der Waals surface area (Å²) in [4.78, 5) is 40.9. The molecule has 1 aliphatic carbocycles. The molecule has 0 N–H and O–H groups in total. The molecule has 6 rings (SSSR count). The number of rotatable bonds is 9. The molecular weight excluding hydrogens is 588 g/mol. The molecule has 6 nitrogen and oxygen atoms in total. The SMILES string of the molecule is CCCN(C(=O)c1ccccn1)C1CCC(N(Cc2cccc(-c3ccncc3)c2)C(=O)c2sc3ccccc3c2Cl)CC1. The van der Waals surface area contributed by atoms with Gasteiger partial charge in [0.25, 0.3) is 11.8 Å². The van der Waals surface area contributed by atoms with E-state index in [4.69, 9.17) is 11.6 Å². The number of thiophene rings is 1. The third-order valence-electron chi connectivity index (χ3n) is 8.44. The van der Waals surface area contributed by atoms with Crippen LogP contribution in [0.4, 0.5) is 0 Å². The Labute approximate surface area is 267 Å². The average molecular weight is 623 g/mol. The van der Waals surface area contributed by atoms with Crippen LogP contribution in [0.3, 0.4) is 0 Å². The van der Waals surface area contributed by atoms with Crippen LogP contribution in [0.25, 0.3) is 21.2 Å². The van der Waals surface area contributed by atoms with E-state index in [9.17, 15) is 9.59 Å². The Bertz CT molecular complexity index is 1740. The van der Waals surface area contributed by atoms with Crippen molar-refractivity contribution in [1.82, 2.24) is 19.8 Å². The van der Waals surface area contributed by atoms with Crippen molar-refractivity contribution < 1.29 is 9.59 Å². The number of pyridine rings is 2. The van der Waals surface area contributed by atoms with Gasteiger partial charge in [0.2, 0.25) is 0 Å². The van der Waals surface area contributed by atoms with E-state index in [1.165, 1.54) is 11.3 Å². The molecule has 2 aromatic carbocycles. The smallest absolute Gasteiger partial charge is 0.272 e. The van der Waals surface area contributed by atoms with Gasteiger partial charge in [-0.25, -0.2) is 0 Å². The van der Waals surface area contributed by atoms with Crippen molar-refractivity contribution in [2.75, 3.05) is 6.54 Å². The maximum atomic E-state index is 14.4. The number of fused-ring (bicyclic) bond motifs is 1. The molecule has 44 heavy (non-hydrogen) atoms. The van der Waals surface area contributed by atoms with Crippen molar-refractivity contribution in [3.8, 4) is 11.1 Å². The first kappa shape index (κ1) is 30.0. The van der Waals surface area contributed by atoms with E-state index in [2.05, 4.69) is 35.1 Å². The number of benzene rings is 2. The van der Waals surface area contributed by atoms with Gasteiger partial charge in [0, 0.05) is 53.8 Å². The summed E-state index contributed by atoms with van der Waals surface area (Å²) in [5.41, 5.74) is 3.71. The van der Waals surface area contributed by atoms with Gasteiger partial charge >= 0.3 is 0 Å². The highest BCUT2D eigenvalue weighted by atomic mass is 35.5. The van der Waals surface area contributed by atoms with Crippen LogP contribution in [-0.2, 0) is 6.54 Å². The molecule has 5 aromatic rings. The molecule has 0 bridgehead atoms. The Balaban J connectivity index is 1.27. The summed E-state index contributed by atoms with van der Waals surface area (Å²) in [5, 5.41) is 1.43. The van der Waals surface area contributed by atoms with Gasteiger partial charge in [-0.2, -0.15) is 0 Å². The van der Waals surface area contributed by atoms with Crippen LogP contribution in [0.5, 0.6) is 0 Å². The lowest BCUT2D eigenvalue weighted by Gasteiger charge is -2.41. The zero-order valence-electron chi connectivity index (χ0n) is 24.7. The molecular formula is C36H35ClN4O2S. The molecule has 0 saturated heterocycles. The van der Waals surface area contributed by atoms with Gasteiger partial charge in [-0.05, 0) is 85.2 Å². The number of amides is 2. The molecule has 3 aromatic heterocycles. The number of aromatic nitrogens is 2. The lowest BCUT2D eigenvalue weighted by atomic mass is 9.88. The average Bonchev–Trinajstić information content (AvgIpc) is 3.42. The molecule has 224 valence electrons. The molecule has 0 unspecified atom stereocenters. The summed E-state index contributed by atoms with van der Waals surface area (Å²) in [6.45, 7) is 3.26. The summed E-state index contributed by atoms with van der Waals surface area (Å²) in [5.74, 6) is -0.0576. The fourth-order valence-corrected chi connectivity index (χ4v) is 7.72. The minimum atomic E-state index is -0.0380. The first-order valence-electron chi connectivity index (χ1n) is 15.2. The Morgan fingerprint density at radius 3 is 2.25 bits per heavy atom. The van der Waals surface area contributed by atoms with E-state index in [0.717, 1.165) is 58.9 Å². The van der Waals surface area contributed by atoms with Crippen LogP contribution >= 0.6 is 22.9 Å². The van der Waals surface area contributed by atoms with Crippen LogP contribution in [0.1, 0.15) is 64.8 Å². The maximum absolute atomic E-state index is 14.4. The fourth-order valence-electron chi connectivity index (χ4n) is 6.25. The first-order chi connectivity index (χ1) is 21.5. The van der Waals surface area contributed by atoms with Gasteiger partial charge in [0.1, 0.15) is 10.6 Å². The Kier molecular flexibility index (Phi) is 9.34. The van der Waals surface area contributed by atoms with E-state index in [1.807, 2.05) is 64.4 Å². The normalized spacial score (nSPS) is 16.5. The first-order valence-corrected chi connectivity index (χ1v) is 16.4. The molecule has 0 spiro atoms. The number of hydrogen-bond acceptors (Lipinski definition) is 5. The van der Waals surface area contributed by atoms with E-state index >= 15 is 0 Å². The third kappa shape index (κ3) is 6.40. The van der Waals surface area contributed by atoms with Gasteiger partial charge in [-0.15, -0.1) is 11.3 Å². The number of carbonyl (C=O) groups is 2. The van der Waals surface area contributed by atoms with Crippen molar-refractivity contribution >= 4 is 44.8 Å². The van der Waals surface area contributed by atoms with E-state index in [-0.39, 0.29) is 23.9 Å². The minimum Gasteiger partial charge on any atom is -0.334 e. The van der Waals surface area contributed by atoms with E-state index in [0.29, 0.717) is 28.7 Å². The van der Waals surface area contributed by atoms with Crippen LogP contribution in [0.2, 0.25) is 5.02 Å². The molecule has 3 heterocycles. The monoisotopic (exact) mass is 622 g/mol. The molecule has 2 amide bonds. The highest BCUT2D eigenvalue weighted by Crippen LogP contribution is 2.38. The lowest BCUT2D eigenvalue weighted by molar-refractivity contribution is 0.0470. The summed E-state index contributed by atoms with van der Waals surface area (Å²) in [7, 11) is 0. The second kappa shape index (κ2) is 13.7. The maximum Gasteiger partial charge on any atom is 0.272 e. The Morgan fingerprint density at radius 2 is 1.55 bits per heavy atom. The van der Waals surface area contributed by atoms with Crippen molar-refractivity contribution in [3.05, 3.63) is 119 Å². The lowest BCUT2D eigenvalue weighted by Crippen LogP contribution is -2.48. The van der Waals surface area contributed by atoms with Crippen molar-refractivity contribution in [2.45, 2.75) is 57.7 Å². The zero-order chi connectivity index (χ0) is 30.5. The topological polar surface area (TPSA) is 66.4 Å². The summed E-state index contributed by atoms with van der Waals surface area (Å²) >= 11 is 8.30. The predicted octanol–water partition coefficient (Wildman–Crippen LogP) is 8.52. The second-order valence-electron chi connectivity index (χ2n) is 11.3. The van der Waals surface area contributed by atoms with Gasteiger partial charge in [-0.3, -0.25) is 19.6 Å². The number of hydrogen-bond donors (Lipinski definition) is 0. The highest BCUT2D eigenvalue weighted by Gasteiger charge is 2.35. The van der Waals surface area contributed by atoms with Crippen molar-refractivity contribution in [3.63, 3.8) is 0 Å². The largest absolute Gasteiger partial charge is 0.334 e. The van der Waals surface area contributed by atoms with E-state index in [1.54, 1.807) is 24.7 Å². The Hall–Kier alpha value is -4.07. The van der Waals surface area contributed by atoms with Crippen LogP contribution in [0.15, 0.2) is 97.5 Å². The van der Waals surface area contributed by atoms with Crippen molar-refractivity contribution in [2.24, 2.45) is 0 Å². The third-order valence-corrected chi connectivity index (χ3v) is 10.1. The molecule has 1 saturated carbocycles. The molecule has 0 aliphatic heterocycles. The quantitative estimate of drug-likeness (QED) is 0.165. The van der Waals surface area contributed by atoms with Crippen LogP contribution in [-0.4, -0.2) is 50.2 Å². The molecule has 0 radical (unpaired) electrons. The second-order valence-corrected chi connectivity index (χ2v) is 12.7. The summed E-state index contributed by atoms with van der Waals surface area (Å²) in [6, 6.07) is 25.9.